The molecule has 1 aromatic carbocycles. The molecular formula is C13H16N4O2. The fourth-order valence-electron chi connectivity index (χ4n) is 1.94. The summed E-state index contributed by atoms with van der Waals surface area (Å²) in [6.07, 6.45) is 2.66. The molecule has 0 radical (unpaired) electrons. The third-order valence-corrected chi connectivity index (χ3v) is 3.03. The maximum Gasteiger partial charge on any atom is 0.163 e. The third kappa shape index (κ3) is 2.62. The Bertz CT molecular complexity index is 568. The number of hydrogen-bond acceptors (Lipinski definition) is 5. The number of rotatable bonds is 3. The second-order valence-corrected chi connectivity index (χ2v) is 4.41. The molecule has 0 saturated heterocycles. The number of aromatic nitrogens is 3. The van der Waals surface area contributed by atoms with Crippen LogP contribution in [-0.4, -0.2) is 28.2 Å². The Morgan fingerprint density at radius 3 is 2.89 bits per heavy atom. The Morgan fingerprint density at radius 2 is 2.11 bits per heavy atom. The van der Waals surface area contributed by atoms with E-state index in [1.165, 1.54) is 0 Å². The Hall–Kier alpha value is -2.24. The van der Waals surface area contributed by atoms with Crippen LogP contribution < -0.4 is 14.8 Å². The van der Waals surface area contributed by atoms with E-state index in [9.17, 15) is 0 Å². The molecular weight excluding hydrogens is 244 g/mol. The molecule has 0 amide bonds. The second-order valence-electron chi connectivity index (χ2n) is 4.41. The normalized spacial score (nSPS) is 13.9. The SMILES string of the molecule is Cn1nncc1CNc1ccc2c(c1)OCCCO2. The number of ether oxygens (including phenoxy) is 2. The van der Waals surface area contributed by atoms with E-state index in [1.807, 2.05) is 25.2 Å². The maximum absolute atomic E-state index is 5.65. The zero-order chi connectivity index (χ0) is 13.1. The summed E-state index contributed by atoms with van der Waals surface area (Å²) < 4.78 is 13.0. The molecule has 0 saturated carbocycles. The van der Waals surface area contributed by atoms with Crippen molar-refractivity contribution in [3.63, 3.8) is 0 Å². The molecule has 2 heterocycles. The molecule has 0 unspecified atom stereocenters. The van der Waals surface area contributed by atoms with Crippen molar-refractivity contribution in [2.75, 3.05) is 18.5 Å². The van der Waals surface area contributed by atoms with Crippen molar-refractivity contribution in [1.29, 1.82) is 0 Å². The summed E-state index contributed by atoms with van der Waals surface area (Å²) in [6, 6.07) is 5.88. The van der Waals surface area contributed by atoms with Crippen molar-refractivity contribution in [3.05, 3.63) is 30.1 Å². The van der Waals surface area contributed by atoms with Gasteiger partial charge in [0.05, 0.1) is 31.6 Å². The minimum Gasteiger partial charge on any atom is -0.490 e. The van der Waals surface area contributed by atoms with Crippen LogP contribution in [0.3, 0.4) is 0 Å². The van der Waals surface area contributed by atoms with Gasteiger partial charge in [0.1, 0.15) is 0 Å². The zero-order valence-corrected chi connectivity index (χ0v) is 10.8. The van der Waals surface area contributed by atoms with Gasteiger partial charge in [0.25, 0.3) is 0 Å². The van der Waals surface area contributed by atoms with Crippen LogP contribution in [-0.2, 0) is 13.6 Å². The average molecular weight is 260 g/mol. The van der Waals surface area contributed by atoms with E-state index in [4.69, 9.17) is 9.47 Å². The first-order valence-electron chi connectivity index (χ1n) is 6.30. The highest BCUT2D eigenvalue weighted by Gasteiger charge is 2.10. The molecule has 6 heteroatoms. The van der Waals surface area contributed by atoms with E-state index in [1.54, 1.807) is 10.9 Å². The first kappa shape index (κ1) is 11.8. The molecule has 1 N–H and O–H groups in total. The Labute approximate surface area is 111 Å². The van der Waals surface area contributed by atoms with Gasteiger partial charge in [0.2, 0.25) is 0 Å². The molecule has 1 aromatic heterocycles. The van der Waals surface area contributed by atoms with Crippen LogP contribution in [0.25, 0.3) is 0 Å². The molecule has 1 aliphatic rings. The van der Waals surface area contributed by atoms with Crippen molar-refractivity contribution >= 4 is 5.69 Å². The van der Waals surface area contributed by atoms with E-state index in [0.717, 1.165) is 29.3 Å². The summed E-state index contributed by atoms with van der Waals surface area (Å²) in [7, 11) is 1.87. The van der Waals surface area contributed by atoms with E-state index in [-0.39, 0.29) is 0 Å². The molecule has 2 aromatic rings. The van der Waals surface area contributed by atoms with Crippen molar-refractivity contribution in [2.45, 2.75) is 13.0 Å². The lowest BCUT2D eigenvalue weighted by atomic mass is 10.2. The Balaban J connectivity index is 1.72. The van der Waals surface area contributed by atoms with Crippen LogP contribution >= 0.6 is 0 Å². The van der Waals surface area contributed by atoms with Gasteiger partial charge in [-0.25, -0.2) is 0 Å². The summed E-state index contributed by atoms with van der Waals surface area (Å²) >= 11 is 0. The zero-order valence-electron chi connectivity index (χ0n) is 10.8. The maximum atomic E-state index is 5.65. The lowest BCUT2D eigenvalue weighted by molar-refractivity contribution is 0.297. The van der Waals surface area contributed by atoms with E-state index < -0.39 is 0 Å². The highest BCUT2D eigenvalue weighted by molar-refractivity contribution is 5.55. The van der Waals surface area contributed by atoms with Crippen LogP contribution in [0, 0.1) is 0 Å². The topological polar surface area (TPSA) is 61.2 Å². The number of fused-ring (bicyclic) bond motifs is 1. The number of nitrogens with one attached hydrogen (secondary N) is 1. The van der Waals surface area contributed by atoms with Crippen molar-refractivity contribution < 1.29 is 9.47 Å². The van der Waals surface area contributed by atoms with Gasteiger partial charge in [-0.3, -0.25) is 4.68 Å². The second kappa shape index (κ2) is 5.17. The van der Waals surface area contributed by atoms with E-state index >= 15 is 0 Å². The minimum atomic E-state index is 0.670. The first-order valence-corrected chi connectivity index (χ1v) is 6.30. The summed E-state index contributed by atoms with van der Waals surface area (Å²) in [5.41, 5.74) is 2.01. The molecule has 0 spiro atoms. The van der Waals surface area contributed by atoms with E-state index in [0.29, 0.717) is 19.8 Å². The van der Waals surface area contributed by atoms with Gasteiger partial charge in [-0.15, -0.1) is 5.10 Å². The Morgan fingerprint density at radius 1 is 1.26 bits per heavy atom. The molecule has 0 fully saturated rings. The molecule has 19 heavy (non-hydrogen) atoms. The number of nitrogens with zero attached hydrogens (tertiary/aromatic N) is 3. The molecule has 6 nitrogen and oxygen atoms in total. The monoisotopic (exact) mass is 260 g/mol. The summed E-state index contributed by atoms with van der Waals surface area (Å²) in [5, 5.41) is 11.1. The highest BCUT2D eigenvalue weighted by Crippen LogP contribution is 2.32. The number of aryl methyl sites for hydroxylation is 1. The van der Waals surface area contributed by atoms with E-state index in [2.05, 4.69) is 15.6 Å². The molecule has 0 bridgehead atoms. The van der Waals surface area contributed by atoms with Crippen LogP contribution in [0.15, 0.2) is 24.4 Å². The van der Waals surface area contributed by atoms with Gasteiger partial charge in [-0.2, -0.15) is 0 Å². The minimum absolute atomic E-state index is 0.670. The Kier molecular flexibility index (Phi) is 3.22. The number of anilines is 1. The van der Waals surface area contributed by atoms with Crippen LogP contribution in [0.1, 0.15) is 12.1 Å². The fraction of sp³-hybridized carbons (Fsp3) is 0.385. The van der Waals surface area contributed by atoms with Gasteiger partial charge in [-0.1, -0.05) is 5.21 Å². The standard InChI is InChI=1S/C13H16N4O2/c1-17-11(9-15-16-17)8-14-10-3-4-12-13(7-10)19-6-2-5-18-12/h3-4,7,9,14H,2,5-6,8H2,1H3. The molecule has 100 valence electrons. The van der Waals surface area contributed by atoms with Gasteiger partial charge in [0.15, 0.2) is 11.5 Å². The van der Waals surface area contributed by atoms with Gasteiger partial charge in [0, 0.05) is 25.2 Å². The van der Waals surface area contributed by atoms with Crippen LogP contribution in [0.5, 0.6) is 11.5 Å². The highest BCUT2D eigenvalue weighted by atomic mass is 16.5. The number of hydrogen-bond donors (Lipinski definition) is 1. The van der Waals surface area contributed by atoms with Crippen LogP contribution in [0.4, 0.5) is 5.69 Å². The van der Waals surface area contributed by atoms with Gasteiger partial charge in [-0.05, 0) is 12.1 Å². The van der Waals surface area contributed by atoms with Crippen molar-refractivity contribution in [2.24, 2.45) is 7.05 Å². The smallest absolute Gasteiger partial charge is 0.163 e. The quantitative estimate of drug-likeness (QED) is 0.908. The third-order valence-electron chi connectivity index (χ3n) is 3.03. The summed E-state index contributed by atoms with van der Waals surface area (Å²) in [4.78, 5) is 0. The fourth-order valence-corrected chi connectivity index (χ4v) is 1.94. The molecule has 3 rings (SSSR count). The van der Waals surface area contributed by atoms with Crippen LogP contribution in [0.2, 0.25) is 0 Å². The summed E-state index contributed by atoms with van der Waals surface area (Å²) in [5.74, 6) is 1.61. The van der Waals surface area contributed by atoms with Gasteiger partial charge < -0.3 is 14.8 Å². The number of benzene rings is 1. The lowest BCUT2D eigenvalue weighted by Gasteiger charge is -2.11. The predicted molar refractivity (Wildman–Crippen MR) is 70.4 cm³/mol. The lowest BCUT2D eigenvalue weighted by Crippen LogP contribution is -2.05. The van der Waals surface area contributed by atoms with Gasteiger partial charge >= 0.3 is 0 Å². The predicted octanol–water partition coefficient (Wildman–Crippen LogP) is 1.59. The average Bonchev–Trinajstić information content (AvgIpc) is 2.70. The molecule has 1 aliphatic heterocycles. The molecule has 0 atom stereocenters. The summed E-state index contributed by atoms with van der Waals surface area (Å²) in [6.45, 7) is 2.08. The van der Waals surface area contributed by atoms with Crippen molar-refractivity contribution in [1.82, 2.24) is 15.0 Å². The first-order chi connectivity index (χ1) is 9.33. The largest absolute Gasteiger partial charge is 0.490 e. The molecule has 0 aliphatic carbocycles. The van der Waals surface area contributed by atoms with Crippen molar-refractivity contribution in [3.8, 4) is 11.5 Å².